The molecule has 0 aliphatic carbocycles. The van der Waals surface area contributed by atoms with Gasteiger partial charge in [-0.05, 0) is 23.1 Å². The van der Waals surface area contributed by atoms with Crippen LogP contribution >= 0.6 is 11.3 Å². The van der Waals surface area contributed by atoms with Gasteiger partial charge in [0, 0.05) is 23.5 Å². The molecule has 1 aliphatic rings. The Kier molecular flexibility index (Phi) is 3.98. The first-order valence-corrected chi connectivity index (χ1v) is 9.72. The van der Waals surface area contributed by atoms with E-state index in [2.05, 4.69) is 15.3 Å². The molecule has 1 unspecified atom stereocenters. The number of oxazole rings is 1. The lowest BCUT2D eigenvalue weighted by Gasteiger charge is -2.10. The van der Waals surface area contributed by atoms with E-state index >= 15 is 0 Å². The number of imide groups is 1. The summed E-state index contributed by atoms with van der Waals surface area (Å²) in [5.41, 5.74) is 2.55. The summed E-state index contributed by atoms with van der Waals surface area (Å²) >= 11 is 1.52. The van der Waals surface area contributed by atoms with Gasteiger partial charge in [-0.25, -0.2) is 9.78 Å². The van der Waals surface area contributed by atoms with Gasteiger partial charge < -0.3 is 14.7 Å². The van der Waals surface area contributed by atoms with E-state index in [1.165, 1.54) is 22.5 Å². The fraction of sp³-hybridized carbons (Fsp3) is 0.150. The number of hydrogen-bond acceptors (Lipinski definition) is 5. The number of fused-ring (bicyclic) bond motifs is 1. The van der Waals surface area contributed by atoms with Gasteiger partial charge >= 0.3 is 6.03 Å². The maximum absolute atomic E-state index is 12.8. The Hall–Kier alpha value is -3.39. The number of H-pyrrole nitrogens is 1. The molecule has 1 fully saturated rings. The molecule has 0 radical (unpaired) electrons. The second-order valence-electron chi connectivity index (χ2n) is 6.61. The zero-order chi connectivity index (χ0) is 19.1. The number of benzene rings is 1. The minimum atomic E-state index is -0.588. The number of carbonyl (C=O) groups excluding carboxylic acids is 2. The number of rotatable bonds is 5. The van der Waals surface area contributed by atoms with Gasteiger partial charge in [-0.2, -0.15) is 0 Å². The predicted octanol–water partition coefficient (Wildman–Crippen LogP) is 3.55. The van der Waals surface area contributed by atoms with Crippen molar-refractivity contribution in [1.29, 1.82) is 0 Å². The molecule has 0 bridgehead atoms. The van der Waals surface area contributed by atoms with Crippen LogP contribution in [-0.2, 0) is 17.8 Å². The van der Waals surface area contributed by atoms with Gasteiger partial charge in [0.2, 0.25) is 5.89 Å². The highest BCUT2D eigenvalue weighted by molar-refractivity contribution is 7.13. The van der Waals surface area contributed by atoms with E-state index in [0.29, 0.717) is 18.0 Å². The largest absolute Gasteiger partial charge is 0.443 e. The number of nitrogens with one attached hydrogen (secondary N) is 2. The summed E-state index contributed by atoms with van der Waals surface area (Å²) in [6, 6.07) is 10.7. The number of hydrogen-bond donors (Lipinski definition) is 2. The van der Waals surface area contributed by atoms with Gasteiger partial charge in [0.25, 0.3) is 5.91 Å². The first kappa shape index (κ1) is 16.8. The molecule has 4 heterocycles. The number of thiophene rings is 1. The van der Waals surface area contributed by atoms with Gasteiger partial charge in [-0.15, -0.1) is 11.3 Å². The normalized spacial score (nSPS) is 16.9. The Labute approximate surface area is 164 Å². The van der Waals surface area contributed by atoms with Crippen LogP contribution < -0.4 is 5.32 Å². The number of nitrogens with zero attached hydrogens (tertiary/aromatic N) is 2. The smallest absolute Gasteiger partial charge is 0.325 e. The van der Waals surface area contributed by atoms with E-state index in [9.17, 15) is 9.59 Å². The van der Waals surface area contributed by atoms with E-state index < -0.39 is 12.1 Å². The van der Waals surface area contributed by atoms with Gasteiger partial charge in [-0.1, -0.05) is 24.3 Å². The summed E-state index contributed by atoms with van der Waals surface area (Å²) in [7, 11) is 0. The third-order valence-corrected chi connectivity index (χ3v) is 5.67. The SMILES string of the molecule is O=C1NC(Cc2c[nH]c3ccccc23)C(=O)N1Cc1coc(-c2cccs2)n1. The summed E-state index contributed by atoms with van der Waals surface area (Å²) in [5, 5.41) is 5.77. The minimum Gasteiger partial charge on any atom is -0.443 e. The van der Waals surface area contributed by atoms with Crippen LogP contribution in [0.15, 0.2) is 58.7 Å². The van der Waals surface area contributed by atoms with E-state index in [-0.39, 0.29) is 12.5 Å². The highest BCUT2D eigenvalue weighted by atomic mass is 32.1. The van der Waals surface area contributed by atoms with E-state index in [0.717, 1.165) is 21.3 Å². The van der Waals surface area contributed by atoms with Crippen LogP contribution in [0.4, 0.5) is 4.79 Å². The Morgan fingerprint density at radius 3 is 2.93 bits per heavy atom. The van der Waals surface area contributed by atoms with Gasteiger partial charge in [0.1, 0.15) is 12.3 Å². The molecule has 7 nitrogen and oxygen atoms in total. The number of aromatic nitrogens is 2. The average Bonchev–Trinajstić information content (AvgIpc) is 3.48. The van der Waals surface area contributed by atoms with E-state index in [1.54, 1.807) is 0 Å². The molecular weight excluding hydrogens is 376 g/mol. The van der Waals surface area contributed by atoms with Crippen molar-refractivity contribution in [3.8, 4) is 10.8 Å². The minimum absolute atomic E-state index is 0.0872. The Bertz CT molecular complexity index is 1160. The summed E-state index contributed by atoms with van der Waals surface area (Å²) in [6.45, 7) is 0.0872. The Balaban J connectivity index is 1.32. The monoisotopic (exact) mass is 392 g/mol. The van der Waals surface area contributed by atoms with Crippen LogP contribution in [0.1, 0.15) is 11.3 Å². The zero-order valence-electron chi connectivity index (χ0n) is 14.7. The number of urea groups is 1. The van der Waals surface area contributed by atoms with Crippen molar-refractivity contribution in [2.24, 2.45) is 0 Å². The molecule has 1 aromatic carbocycles. The van der Waals surface area contributed by atoms with Crippen molar-refractivity contribution in [2.45, 2.75) is 19.0 Å². The predicted molar refractivity (Wildman–Crippen MR) is 105 cm³/mol. The highest BCUT2D eigenvalue weighted by Gasteiger charge is 2.38. The molecule has 1 atom stereocenters. The van der Waals surface area contributed by atoms with E-state index in [1.807, 2.05) is 48.0 Å². The summed E-state index contributed by atoms with van der Waals surface area (Å²) in [4.78, 5) is 34.8. The lowest BCUT2D eigenvalue weighted by atomic mass is 10.1. The molecule has 4 aromatic rings. The third kappa shape index (κ3) is 2.87. The van der Waals surface area contributed by atoms with Crippen LogP contribution in [0.2, 0.25) is 0 Å². The third-order valence-electron chi connectivity index (χ3n) is 4.81. The number of aromatic amines is 1. The van der Waals surface area contributed by atoms with Crippen LogP contribution in [0.25, 0.3) is 21.7 Å². The quantitative estimate of drug-likeness (QED) is 0.508. The maximum Gasteiger partial charge on any atom is 0.325 e. The van der Waals surface area contributed by atoms with Crippen molar-refractivity contribution in [1.82, 2.24) is 20.2 Å². The lowest BCUT2D eigenvalue weighted by molar-refractivity contribution is -0.127. The molecule has 28 heavy (non-hydrogen) atoms. The van der Waals surface area contributed by atoms with Crippen molar-refractivity contribution in [3.63, 3.8) is 0 Å². The maximum atomic E-state index is 12.8. The van der Waals surface area contributed by atoms with Crippen LogP contribution in [0.3, 0.4) is 0 Å². The van der Waals surface area contributed by atoms with Gasteiger partial charge in [0.15, 0.2) is 0 Å². The molecule has 1 aliphatic heterocycles. The van der Waals surface area contributed by atoms with Gasteiger partial charge in [-0.3, -0.25) is 9.69 Å². The second-order valence-corrected chi connectivity index (χ2v) is 7.56. The molecule has 0 spiro atoms. The fourth-order valence-electron chi connectivity index (χ4n) is 3.44. The first-order valence-electron chi connectivity index (χ1n) is 8.84. The Morgan fingerprint density at radius 2 is 2.07 bits per heavy atom. The molecule has 140 valence electrons. The number of amides is 3. The molecule has 1 saturated heterocycles. The molecular formula is C20H16N4O3S. The van der Waals surface area contributed by atoms with Gasteiger partial charge in [0.05, 0.1) is 17.1 Å². The second kappa shape index (κ2) is 6.65. The summed E-state index contributed by atoms with van der Waals surface area (Å²) < 4.78 is 5.48. The fourth-order valence-corrected chi connectivity index (χ4v) is 4.10. The molecule has 8 heteroatoms. The first-order chi connectivity index (χ1) is 13.7. The highest BCUT2D eigenvalue weighted by Crippen LogP contribution is 2.25. The van der Waals surface area contributed by atoms with Crippen LogP contribution in [0.5, 0.6) is 0 Å². The van der Waals surface area contributed by atoms with E-state index in [4.69, 9.17) is 4.42 Å². The van der Waals surface area contributed by atoms with Crippen LogP contribution in [-0.4, -0.2) is 32.8 Å². The number of para-hydroxylation sites is 1. The molecule has 3 aromatic heterocycles. The van der Waals surface area contributed by atoms with Crippen molar-refractivity contribution >= 4 is 34.2 Å². The lowest BCUT2D eigenvalue weighted by Crippen LogP contribution is -2.32. The standard InChI is InChI=1S/C20H16N4O3S/c25-19-16(8-12-9-21-15-5-2-1-4-14(12)15)23-20(26)24(19)10-13-11-27-18(22-13)17-6-3-7-28-17/h1-7,9,11,16,21H,8,10H2,(H,23,26). The summed E-state index contributed by atoms with van der Waals surface area (Å²) in [6.07, 6.45) is 3.81. The van der Waals surface area contributed by atoms with Crippen molar-refractivity contribution in [3.05, 3.63) is 65.5 Å². The molecule has 5 rings (SSSR count). The molecule has 2 N–H and O–H groups in total. The van der Waals surface area contributed by atoms with Crippen LogP contribution in [0, 0.1) is 0 Å². The molecule has 3 amide bonds. The Morgan fingerprint density at radius 1 is 1.18 bits per heavy atom. The van der Waals surface area contributed by atoms with Crippen molar-refractivity contribution in [2.75, 3.05) is 0 Å². The molecule has 0 saturated carbocycles. The zero-order valence-corrected chi connectivity index (χ0v) is 15.5. The summed E-state index contributed by atoms with van der Waals surface area (Å²) in [5.74, 6) is 0.239. The number of carbonyl (C=O) groups is 2. The average molecular weight is 392 g/mol. The topological polar surface area (TPSA) is 91.2 Å². The van der Waals surface area contributed by atoms with Crippen molar-refractivity contribution < 1.29 is 14.0 Å².